The summed E-state index contributed by atoms with van der Waals surface area (Å²) >= 11 is 0. The number of rotatable bonds is 3. The van der Waals surface area contributed by atoms with Crippen molar-refractivity contribution >= 4 is 43.6 Å². The number of benzene rings is 6. The van der Waals surface area contributed by atoms with Crippen molar-refractivity contribution in [1.29, 1.82) is 5.26 Å². The predicted octanol–water partition coefficient (Wildman–Crippen LogP) is 10.9. The molecule has 0 radical (unpaired) electrons. The molecule has 0 fully saturated rings. The zero-order valence-electron chi connectivity index (χ0n) is 25.9. The van der Waals surface area contributed by atoms with Gasteiger partial charge in [0.15, 0.2) is 0 Å². The van der Waals surface area contributed by atoms with Gasteiger partial charge in [0, 0.05) is 33.2 Å². The van der Waals surface area contributed by atoms with E-state index in [-0.39, 0.29) is 0 Å². The van der Waals surface area contributed by atoms with E-state index in [2.05, 4.69) is 88.0 Å². The molecule has 46 heavy (non-hydrogen) atoms. The SMILES string of the molecule is Cc1ccc2c3ccc(C)cc3n(-c3cc(-c4cc(F)cc(F)c4)c(-n4c5cc(C)ccc5c5ccc(C)cc54)cc3C#N)c2c1. The minimum atomic E-state index is -0.663. The van der Waals surface area contributed by atoms with E-state index in [1.54, 1.807) is 0 Å². The predicted molar refractivity (Wildman–Crippen MR) is 184 cm³/mol. The maximum Gasteiger partial charge on any atom is 0.126 e. The van der Waals surface area contributed by atoms with Crippen molar-refractivity contribution in [3.05, 3.63) is 143 Å². The first-order chi connectivity index (χ1) is 22.2. The number of nitriles is 1. The lowest BCUT2D eigenvalue weighted by molar-refractivity contribution is 0.584. The van der Waals surface area contributed by atoms with Crippen molar-refractivity contribution in [2.75, 3.05) is 0 Å². The summed E-state index contributed by atoms with van der Waals surface area (Å²) in [4.78, 5) is 0. The van der Waals surface area contributed by atoms with Gasteiger partial charge in [0.25, 0.3) is 0 Å². The number of aryl methyl sites for hydroxylation is 4. The molecule has 8 aromatic rings. The quantitative estimate of drug-likeness (QED) is 0.198. The van der Waals surface area contributed by atoms with Gasteiger partial charge in [-0.1, -0.05) is 48.5 Å². The van der Waals surface area contributed by atoms with Crippen LogP contribution in [-0.2, 0) is 0 Å². The molecule has 2 aromatic heterocycles. The zero-order chi connectivity index (χ0) is 31.9. The first-order valence-corrected chi connectivity index (χ1v) is 15.3. The average Bonchev–Trinajstić information content (AvgIpc) is 3.50. The molecule has 0 saturated heterocycles. The van der Waals surface area contributed by atoms with E-state index in [1.165, 1.54) is 12.1 Å². The molecular formula is C41H29F2N3. The molecule has 0 amide bonds. The highest BCUT2D eigenvalue weighted by Crippen LogP contribution is 2.41. The Balaban J connectivity index is 1.57. The van der Waals surface area contributed by atoms with Crippen molar-refractivity contribution in [2.45, 2.75) is 27.7 Å². The molecule has 0 atom stereocenters. The highest BCUT2D eigenvalue weighted by Gasteiger charge is 2.22. The molecule has 222 valence electrons. The van der Waals surface area contributed by atoms with Gasteiger partial charge in [0.2, 0.25) is 0 Å². The largest absolute Gasteiger partial charge is 0.309 e. The molecule has 2 heterocycles. The Morgan fingerprint density at radius 1 is 0.478 bits per heavy atom. The second kappa shape index (κ2) is 10.2. The third kappa shape index (κ3) is 4.22. The molecule has 8 rings (SSSR count). The van der Waals surface area contributed by atoms with Gasteiger partial charge in [-0.2, -0.15) is 5.26 Å². The minimum Gasteiger partial charge on any atom is -0.309 e. The van der Waals surface area contributed by atoms with Gasteiger partial charge in [-0.3, -0.25) is 0 Å². The van der Waals surface area contributed by atoms with Crippen molar-refractivity contribution in [1.82, 2.24) is 9.13 Å². The molecule has 3 nitrogen and oxygen atoms in total. The van der Waals surface area contributed by atoms with Gasteiger partial charge in [-0.25, -0.2) is 8.78 Å². The van der Waals surface area contributed by atoms with Crippen LogP contribution in [0.15, 0.2) is 103 Å². The number of hydrogen-bond donors (Lipinski definition) is 0. The summed E-state index contributed by atoms with van der Waals surface area (Å²) in [6, 6.07) is 35.2. The van der Waals surface area contributed by atoms with Crippen LogP contribution in [0.2, 0.25) is 0 Å². The molecule has 0 aliphatic rings. The van der Waals surface area contributed by atoms with Crippen molar-refractivity contribution in [3.63, 3.8) is 0 Å². The standard InChI is InChI=1S/C41H29F2N3/c1-23-5-9-31-32-10-6-24(2)14-38(32)45(37(31)13-23)36-21-35(27-17-29(42)20-30(43)18-27)41(19-28(36)22-44)46-39-15-25(3)7-11-33(39)34-12-8-26(4)16-40(34)46/h5-21H,1-4H3. The topological polar surface area (TPSA) is 33.6 Å². The van der Waals surface area contributed by atoms with Crippen LogP contribution in [0.4, 0.5) is 8.78 Å². The van der Waals surface area contributed by atoms with E-state index in [9.17, 15) is 14.0 Å². The molecule has 0 saturated carbocycles. The van der Waals surface area contributed by atoms with Crippen LogP contribution in [-0.4, -0.2) is 9.13 Å². The van der Waals surface area contributed by atoms with Gasteiger partial charge < -0.3 is 9.13 Å². The third-order valence-electron chi connectivity index (χ3n) is 9.05. The lowest BCUT2D eigenvalue weighted by Gasteiger charge is -2.19. The number of aromatic nitrogens is 2. The Kier molecular flexibility index (Phi) is 6.13. The number of halogens is 2. The monoisotopic (exact) mass is 601 g/mol. The van der Waals surface area contributed by atoms with Crippen molar-refractivity contribution < 1.29 is 8.78 Å². The molecule has 0 unspecified atom stereocenters. The summed E-state index contributed by atoms with van der Waals surface area (Å²) in [7, 11) is 0. The zero-order valence-corrected chi connectivity index (χ0v) is 25.9. The summed E-state index contributed by atoms with van der Waals surface area (Å²) in [6.07, 6.45) is 0. The normalized spacial score (nSPS) is 11.7. The minimum absolute atomic E-state index is 0.390. The van der Waals surface area contributed by atoms with Gasteiger partial charge in [-0.05, 0) is 104 Å². The average molecular weight is 602 g/mol. The molecule has 0 aliphatic heterocycles. The lowest BCUT2D eigenvalue weighted by Crippen LogP contribution is -2.04. The van der Waals surface area contributed by atoms with Crippen LogP contribution in [0.5, 0.6) is 0 Å². The highest BCUT2D eigenvalue weighted by molar-refractivity contribution is 6.11. The van der Waals surface area contributed by atoms with E-state index < -0.39 is 11.6 Å². The smallest absolute Gasteiger partial charge is 0.126 e. The summed E-state index contributed by atoms with van der Waals surface area (Å²) in [6.45, 7) is 8.19. The molecule has 0 aliphatic carbocycles. The summed E-state index contributed by atoms with van der Waals surface area (Å²) < 4.78 is 34.1. The summed E-state index contributed by atoms with van der Waals surface area (Å²) in [5, 5.41) is 15.0. The Morgan fingerprint density at radius 2 is 0.870 bits per heavy atom. The van der Waals surface area contributed by atoms with E-state index in [0.29, 0.717) is 28.1 Å². The van der Waals surface area contributed by atoms with Crippen LogP contribution in [0.25, 0.3) is 66.1 Å². The third-order valence-corrected chi connectivity index (χ3v) is 9.05. The van der Waals surface area contributed by atoms with Gasteiger partial charge in [-0.15, -0.1) is 0 Å². The fourth-order valence-electron chi connectivity index (χ4n) is 6.97. The van der Waals surface area contributed by atoms with Crippen molar-refractivity contribution in [3.8, 4) is 28.6 Å². The van der Waals surface area contributed by atoms with Crippen LogP contribution in [0, 0.1) is 50.7 Å². The lowest BCUT2D eigenvalue weighted by atomic mass is 9.98. The van der Waals surface area contributed by atoms with E-state index in [0.717, 1.165) is 71.9 Å². The van der Waals surface area contributed by atoms with E-state index in [1.807, 2.05) is 39.8 Å². The van der Waals surface area contributed by atoms with Crippen LogP contribution in [0.3, 0.4) is 0 Å². The molecule has 0 N–H and O–H groups in total. The van der Waals surface area contributed by atoms with Crippen LogP contribution < -0.4 is 0 Å². The Morgan fingerprint density at radius 3 is 1.26 bits per heavy atom. The maximum absolute atomic E-state index is 14.9. The van der Waals surface area contributed by atoms with Crippen LogP contribution >= 0.6 is 0 Å². The fourth-order valence-corrected chi connectivity index (χ4v) is 6.97. The highest BCUT2D eigenvalue weighted by atomic mass is 19.1. The first kappa shape index (κ1) is 27.8. The number of hydrogen-bond acceptors (Lipinski definition) is 1. The molecular weight excluding hydrogens is 572 g/mol. The van der Waals surface area contributed by atoms with E-state index >= 15 is 0 Å². The molecule has 0 spiro atoms. The van der Waals surface area contributed by atoms with Crippen molar-refractivity contribution in [2.24, 2.45) is 0 Å². The Bertz CT molecular complexity index is 2470. The number of nitrogens with zero attached hydrogens (tertiary/aromatic N) is 3. The Hall–Kier alpha value is -5.73. The second-order valence-corrected chi connectivity index (χ2v) is 12.4. The molecule has 6 aromatic carbocycles. The summed E-state index contributed by atoms with van der Waals surface area (Å²) in [5.74, 6) is -1.33. The maximum atomic E-state index is 14.9. The summed E-state index contributed by atoms with van der Waals surface area (Å²) in [5.41, 5.74) is 11.0. The molecule has 5 heteroatoms. The van der Waals surface area contributed by atoms with E-state index in [4.69, 9.17) is 0 Å². The first-order valence-electron chi connectivity index (χ1n) is 15.3. The molecule has 0 bridgehead atoms. The van der Waals surface area contributed by atoms with Gasteiger partial charge in [0.05, 0.1) is 39.0 Å². The number of fused-ring (bicyclic) bond motifs is 6. The fraction of sp³-hybridized carbons (Fsp3) is 0.0976. The Labute approximate surface area is 265 Å². The second-order valence-electron chi connectivity index (χ2n) is 12.4. The van der Waals surface area contributed by atoms with Crippen LogP contribution in [0.1, 0.15) is 27.8 Å². The van der Waals surface area contributed by atoms with Gasteiger partial charge >= 0.3 is 0 Å². The van der Waals surface area contributed by atoms with Gasteiger partial charge in [0.1, 0.15) is 17.7 Å².